The van der Waals surface area contributed by atoms with Crippen LogP contribution in [-0.4, -0.2) is 32.1 Å². The lowest BCUT2D eigenvalue weighted by Crippen LogP contribution is -2.36. The lowest BCUT2D eigenvalue weighted by molar-refractivity contribution is 0.0716. The molecular formula is C17H14F2N4O2. The number of carbonyl (C=O) groups excluding carboxylic acids is 1. The molecule has 0 atom stereocenters. The third-order valence-corrected chi connectivity index (χ3v) is 4.16. The molecule has 1 aromatic carbocycles. The summed E-state index contributed by atoms with van der Waals surface area (Å²) in [7, 11) is 1.70. The van der Waals surface area contributed by atoms with E-state index in [1.54, 1.807) is 24.2 Å². The Hall–Kier alpha value is -3.03. The summed E-state index contributed by atoms with van der Waals surface area (Å²) in [5.74, 6) is -0.752. The largest absolute Gasteiger partial charge is 0.441 e. The number of amides is 1. The minimum atomic E-state index is -0.695. The predicted octanol–water partition coefficient (Wildman–Crippen LogP) is 2.55. The van der Waals surface area contributed by atoms with Gasteiger partial charge in [0.2, 0.25) is 5.89 Å². The molecule has 3 aromatic rings. The molecule has 0 bridgehead atoms. The average molecular weight is 344 g/mol. The molecular weight excluding hydrogens is 330 g/mol. The first kappa shape index (κ1) is 15.5. The molecule has 1 aliphatic rings. The summed E-state index contributed by atoms with van der Waals surface area (Å²) in [4.78, 5) is 18.5. The van der Waals surface area contributed by atoms with E-state index in [1.165, 1.54) is 16.8 Å². The fourth-order valence-corrected chi connectivity index (χ4v) is 2.92. The van der Waals surface area contributed by atoms with Crippen molar-refractivity contribution in [3.63, 3.8) is 0 Å². The molecule has 8 heteroatoms. The Balaban J connectivity index is 1.61. The number of nitrogens with zero attached hydrogens (tertiary/aromatic N) is 4. The first-order valence-electron chi connectivity index (χ1n) is 7.73. The van der Waals surface area contributed by atoms with Crippen molar-refractivity contribution in [2.45, 2.75) is 13.0 Å². The summed E-state index contributed by atoms with van der Waals surface area (Å²) in [6, 6.07) is 4.78. The van der Waals surface area contributed by atoms with E-state index in [0.717, 1.165) is 6.07 Å². The lowest BCUT2D eigenvalue weighted by Gasteiger charge is -2.25. The first-order chi connectivity index (χ1) is 12.0. The van der Waals surface area contributed by atoms with E-state index in [2.05, 4.69) is 10.1 Å². The first-order valence-corrected chi connectivity index (χ1v) is 7.73. The minimum absolute atomic E-state index is 0.146. The fraction of sp³-hybridized carbons (Fsp3) is 0.235. The smallest absolute Gasteiger partial charge is 0.272 e. The molecule has 3 heterocycles. The number of oxazole rings is 1. The summed E-state index contributed by atoms with van der Waals surface area (Å²) in [5.41, 5.74) is 1.32. The van der Waals surface area contributed by atoms with Crippen molar-refractivity contribution in [2.24, 2.45) is 7.05 Å². The zero-order valence-electron chi connectivity index (χ0n) is 13.4. The second-order valence-electron chi connectivity index (χ2n) is 5.86. The summed E-state index contributed by atoms with van der Waals surface area (Å²) in [5, 5.41) is 4.00. The van der Waals surface area contributed by atoms with Crippen LogP contribution >= 0.6 is 0 Å². The highest BCUT2D eigenvalue weighted by Crippen LogP contribution is 2.27. The van der Waals surface area contributed by atoms with Crippen LogP contribution in [0.25, 0.3) is 11.5 Å². The maximum atomic E-state index is 13.4. The van der Waals surface area contributed by atoms with Crippen molar-refractivity contribution in [1.29, 1.82) is 0 Å². The number of benzene rings is 1. The molecule has 4 rings (SSSR count). The van der Waals surface area contributed by atoms with Gasteiger partial charge in [-0.05, 0) is 18.2 Å². The van der Waals surface area contributed by atoms with Crippen LogP contribution in [0.15, 0.2) is 34.9 Å². The topological polar surface area (TPSA) is 64.2 Å². The molecule has 0 saturated heterocycles. The normalized spacial score (nSPS) is 13.8. The van der Waals surface area contributed by atoms with Crippen molar-refractivity contribution in [2.75, 3.05) is 6.54 Å². The lowest BCUT2D eigenvalue weighted by atomic mass is 10.1. The van der Waals surface area contributed by atoms with Gasteiger partial charge in [-0.1, -0.05) is 0 Å². The third-order valence-electron chi connectivity index (χ3n) is 4.16. The van der Waals surface area contributed by atoms with Crippen LogP contribution in [0.1, 0.15) is 21.9 Å². The maximum Gasteiger partial charge on any atom is 0.272 e. The van der Waals surface area contributed by atoms with Crippen molar-refractivity contribution < 1.29 is 18.0 Å². The fourth-order valence-electron chi connectivity index (χ4n) is 2.92. The van der Waals surface area contributed by atoms with Gasteiger partial charge in [-0.3, -0.25) is 9.48 Å². The molecule has 128 valence electrons. The highest BCUT2D eigenvalue weighted by molar-refractivity contribution is 5.92. The molecule has 6 nitrogen and oxygen atoms in total. The van der Waals surface area contributed by atoms with Gasteiger partial charge in [0.1, 0.15) is 28.8 Å². The van der Waals surface area contributed by atoms with E-state index in [1.807, 2.05) is 0 Å². The van der Waals surface area contributed by atoms with Gasteiger partial charge in [-0.25, -0.2) is 13.8 Å². The molecule has 0 saturated carbocycles. The molecule has 0 spiro atoms. The molecule has 0 unspecified atom stereocenters. The molecule has 0 N–H and O–H groups in total. The Morgan fingerprint density at radius 2 is 2.00 bits per heavy atom. The van der Waals surface area contributed by atoms with Crippen LogP contribution in [0.4, 0.5) is 8.78 Å². The van der Waals surface area contributed by atoms with E-state index < -0.39 is 11.6 Å². The monoisotopic (exact) mass is 344 g/mol. The second kappa shape index (κ2) is 5.80. The summed E-state index contributed by atoms with van der Waals surface area (Å²) >= 11 is 0. The molecule has 0 fully saturated rings. The molecule has 0 radical (unpaired) electrons. The van der Waals surface area contributed by atoms with Gasteiger partial charge in [-0.2, -0.15) is 5.10 Å². The Labute approximate surface area is 141 Å². The van der Waals surface area contributed by atoms with Gasteiger partial charge in [-0.15, -0.1) is 0 Å². The standard InChI is InChI=1S/C17H14F2N4O2/c1-22-14(2-4-20-22)17(24)23-5-3-15-13(9-23)21-16(25-15)10-6-11(18)8-12(19)7-10/h2,4,6-8H,3,5,9H2,1H3. The number of halogens is 2. The zero-order valence-corrected chi connectivity index (χ0v) is 13.4. The van der Waals surface area contributed by atoms with Crippen molar-refractivity contribution in [1.82, 2.24) is 19.7 Å². The number of carbonyl (C=O) groups is 1. The SMILES string of the molecule is Cn1nccc1C(=O)N1CCc2oc(-c3cc(F)cc(F)c3)nc2C1. The quantitative estimate of drug-likeness (QED) is 0.717. The van der Waals surface area contributed by atoms with Crippen LogP contribution in [-0.2, 0) is 20.0 Å². The van der Waals surface area contributed by atoms with Crippen LogP contribution in [0.2, 0.25) is 0 Å². The van der Waals surface area contributed by atoms with E-state index in [0.29, 0.717) is 30.1 Å². The van der Waals surface area contributed by atoms with Crippen LogP contribution in [0.5, 0.6) is 0 Å². The summed E-state index contributed by atoms with van der Waals surface area (Å²) in [6.07, 6.45) is 2.05. The van der Waals surface area contributed by atoms with E-state index in [-0.39, 0.29) is 23.9 Å². The van der Waals surface area contributed by atoms with Gasteiger partial charge in [0.25, 0.3) is 5.91 Å². The van der Waals surface area contributed by atoms with Gasteiger partial charge >= 0.3 is 0 Å². The number of hydrogen-bond donors (Lipinski definition) is 0. The van der Waals surface area contributed by atoms with Crippen LogP contribution in [0, 0.1) is 11.6 Å². The summed E-state index contributed by atoms with van der Waals surface area (Å²) < 4.78 is 33.9. The van der Waals surface area contributed by atoms with Crippen LogP contribution in [0.3, 0.4) is 0 Å². The Kier molecular flexibility index (Phi) is 3.60. The number of aromatic nitrogens is 3. The Bertz CT molecular complexity index is 943. The van der Waals surface area contributed by atoms with Crippen molar-refractivity contribution in [3.8, 4) is 11.5 Å². The highest BCUT2D eigenvalue weighted by atomic mass is 19.1. The molecule has 0 aliphatic carbocycles. The number of aryl methyl sites for hydroxylation is 1. The second-order valence-corrected chi connectivity index (χ2v) is 5.86. The molecule has 1 amide bonds. The summed E-state index contributed by atoms with van der Waals surface area (Å²) in [6.45, 7) is 0.754. The van der Waals surface area contributed by atoms with Crippen molar-refractivity contribution >= 4 is 5.91 Å². The van der Waals surface area contributed by atoms with Crippen LogP contribution < -0.4 is 0 Å². The predicted molar refractivity (Wildman–Crippen MR) is 83.5 cm³/mol. The van der Waals surface area contributed by atoms with Gasteiger partial charge in [0.15, 0.2) is 0 Å². The van der Waals surface area contributed by atoms with Crippen molar-refractivity contribution in [3.05, 3.63) is 59.2 Å². The Morgan fingerprint density at radius 3 is 2.68 bits per heavy atom. The van der Waals surface area contributed by atoms with E-state index >= 15 is 0 Å². The Morgan fingerprint density at radius 1 is 1.24 bits per heavy atom. The molecule has 25 heavy (non-hydrogen) atoms. The molecule has 2 aromatic heterocycles. The number of rotatable bonds is 2. The zero-order chi connectivity index (χ0) is 17.6. The van der Waals surface area contributed by atoms with E-state index in [4.69, 9.17) is 4.42 Å². The minimum Gasteiger partial charge on any atom is -0.441 e. The maximum absolute atomic E-state index is 13.4. The van der Waals surface area contributed by atoms with Gasteiger partial charge in [0.05, 0.1) is 6.54 Å². The number of fused-ring (bicyclic) bond motifs is 1. The number of hydrogen-bond acceptors (Lipinski definition) is 4. The van der Waals surface area contributed by atoms with Gasteiger partial charge < -0.3 is 9.32 Å². The molecule has 1 aliphatic heterocycles. The highest BCUT2D eigenvalue weighted by Gasteiger charge is 2.27. The third kappa shape index (κ3) is 2.79. The average Bonchev–Trinajstić information content (AvgIpc) is 3.18. The van der Waals surface area contributed by atoms with Gasteiger partial charge in [0, 0.05) is 37.8 Å². The van der Waals surface area contributed by atoms with E-state index in [9.17, 15) is 13.6 Å².